The van der Waals surface area contributed by atoms with Gasteiger partial charge in [0.25, 0.3) is 0 Å². The van der Waals surface area contributed by atoms with Gasteiger partial charge in [0.05, 0.1) is 0 Å². The van der Waals surface area contributed by atoms with Crippen molar-refractivity contribution < 1.29 is 8.83 Å². The van der Waals surface area contributed by atoms with Gasteiger partial charge in [0.1, 0.15) is 11.2 Å². The van der Waals surface area contributed by atoms with Crippen molar-refractivity contribution in [3.63, 3.8) is 0 Å². The van der Waals surface area contributed by atoms with Crippen LogP contribution in [0.25, 0.3) is 56.3 Å². The van der Waals surface area contributed by atoms with E-state index >= 15 is 0 Å². The van der Waals surface area contributed by atoms with Crippen LogP contribution in [0.2, 0.25) is 0 Å². The number of furan rings is 2. The van der Waals surface area contributed by atoms with Gasteiger partial charge in [-0.3, -0.25) is 0 Å². The molecule has 0 bridgehead atoms. The molecule has 0 saturated carbocycles. The van der Waals surface area contributed by atoms with Crippen LogP contribution in [0.5, 0.6) is 0 Å². The zero-order valence-electron chi connectivity index (χ0n) is 24.8. The predicted molar refractivity (Wildman–Crippen MR) is 188 cm³/mol. The van der Waals surface area contributed by atoms with Gasteiger partial charge < -0.3 is 24.8 Å². The predicted octanol–water partition coefficient (Wildman–Crippen LogP) is 11.0. The van der Waals surface area contributed by atoms with Gasteiger partial charge in [-0.05, 0) is 77.7 Å². The maximum atomic E-state index is 6.33. The molecule has 8 rings (SSSR count). The van der Waals surface area contributed by atoms with E-state index in [2.05, 4.69) is 119 Å². The fourth-order valence-electron chi connectivity index (χ4n) is 6.25. The molecule has 5 nitrogen and oxygen atoms in total. The van der Waals surface area contributed by atoms with E-state index in [0.717, 1.165) is 84.8 Å². The maximum Gasteiger partial charge on any atom is 0.201 e. The first-order valence-electron chi connectivity index (χ1n) is 15.1. The van der Waals surface area contributed by atoms with E-state index in [1.807, 2.05) is 37.3 Å². The zero-order chi connectivity index (χ0) is 30.3. The van der Waals surface area contributed by atoms with Gasteiger partial charge in [-0.25, -0.2) is 0 Å². The Morgan fingerprint density at radius 1 is 0.667 bits per heavy atom. The van der Waals surface area contributed by atoms with Crippen LogP contribution in [-0.4, -0.2) is 6.54 Å². The van der Waals surface area contributed by atoms with Crippen LogP contribution >= 0.6 is 0 Å². The first-order chi connectivity index (χ1) is 22.2. The summed E-state index contributed by atoms with van der Waals surface area (Å²) < 4.78 is 12.3. The number of hydrogen-bond acceptors (Lipinski definition) is 5. The number of fused-ring (bicyclic) bond motifs is 4. The van der Waals surface area contributed by atoms with E-state index < -0.39 is 0 Å². The van der Waals surface area contributed by atoms with E-state index in [1.165, 1.54) is 0 Å². The molecule has 0 fully saturated rings. The molecule has 45 heavy (non-hydrogen) atoms. The highest BCUT2D eigenvalue weighted by Gasteiger charge is 2.21. The summed E-state index contributed by atoms with van der Waals surface area (Å²) in [6.45, 7) is 2.74. The summed E-state index contributed by atoms with van der Waals surface area (Å²) in [6.07, 6.45) is 8.23. The molecule has 0 spiro atoms. The Morgan fingerprint density at radius 3 is 2.07 bits per heavy atom. The van der Waals surface area contributed by atoms with Gasteiger partial charge in [0.15, 0.2) is 5.88 Å². The van der Waals surface area contributed by atoms with Crippen molar-refractivity contribution in [3.05, 3.63) is 139 Å². The Labute approximate surface area is 261 Å². The third-order valence-corrected chi connectivity index (χ3v) is 8.36. The molecule has 7 aromatic rings. The summed E-state index contributed by atoms with van der Waals surface area (Å²) in [4.78, 5) is 2.28. The van der Waals surface area contributed by atoms with Gasteiger partial charge in [-0.1, -0.05) is 85.0 Å². The lowest BCUT2D eigenvalue weighted by Crippen LogP contribution is -2.10. The number of anilines is 5. The number of benzene rings is 5. The largest absolute Gasteiger partial charge is 0.440 e. The number of nitrogen functional groups attached to an aromatic ring is 1. The summed E-state index contributed by atoms with van der Waals surface area (Å²) in [6, 6.07) is 40.5. The molecule has 5 aromatic carbocycles. The van der Waals surface area contributed by atoms with E-state index in [9.17, 15) is 0 Å². The van der Waals surface area contributed by atoms with E-state index in [-0.39, 0.29) is 0 Å². The first-order valence-corrected chi connectivity index (χ1v) is 15.1. The van der Waals surface area contributed by atoms with Crippen LogP contribution in [0.3, 0.4) is 0 Å². The van der Waals surface area contributed by atoms with Crippen molar-refractivity contribution in [2.24, 2.45) is 0 Å². The van der Waals surface area contributed by atoms with E-state index in [1.54, 1.807) is 0 Å². The SMILES string of the molecule is C/C=C\c1c(N)oc2ccc(N(c3cc(-c4ccccc4)cc(-c4ccccc4)c3)c3ccc4c5c(oc4c3)NCC=C5)cc12. The second kappa shape index (κ2) is 11.0. The van der Waals surface area contributed by atoms with E-state index in [0.29, 0.717) is 5.88 Å². The van der Waals surface area contributed by atoms with E-state index in [4.69, 9.17) is 14.6 Å². The monoisotopic (exact) mass is 585 g/mol. The summed E-state index contributed by atoms with van der Waals surface area (Å²) >= 11 is 0. The topological polar surface area (TPSA) is 67.6 Å². The average molecular weight is 586 g/mol. The quantitative estimate of drug-likeness (QED) is 0.203. The molecule has 3 heterocycles. The van der Waals surface area contributed by atoms with Gasteiger partial charge in [-0.2, -0.15) is 0 Å². The van der Waals surface area contributed by atoms with Crippen molar-refractivity contribution in [2.45, 2.75) is 6.92 Å². The molecule has 0 amide bonds. The number of nitrogens with zero attached hydrogens (tertiary/aromatic N) is 1. The molecule has 0 radical (unpaired) electrons. The van der Waals surface area contributed by atoms with Gasteiger partial charge in [-0.15, -0.1) is 0 Å². The Morgan fingerprint density at radius 2 is 1.36 bits per heavy atom. The normalized spacial score (nSPS) is 12.6. The lowest BCUT2D eigenvalue weighted by molar-refractivity contribution is 0.628. The number of nitrogens with two attached hydrogens (primary N) is 1. The van der Waals surface area contributed by atoms with Crippen LogP contribution in [-0.2, 0) is 0 Å². The maximum absolute atomic E-state index is 6.33. The molecule has 5 heteroatoms. The van der Waals surface area contributed by atoms with Gasteiger partial charge in [0, 0.05) is 51.6 Å². The highest BCUT2D eigenvalue weighted by molar-refractivity contribution is 5.99. The molecular formula is C40H31N3O2. The number of nitrogens with one attached hydrogen (secondary N) is 1. The van der Waals surface area contributed by atoms with Crippen molar-refractivity contribution in [1.29, 1.82) is 0 Å². The van der Waals surface area contributed by atoms with Crippen molar-refractivity contribution >= 4 is 62.9 Å². The zero-order valence-corrected chi connectivity index (χ0v) is 24.8. The Hall–Kier alpha value is -5.94. The Bertz CT molecular complexity index is 2180. The third kappa shape index (κ3) is 4.75. The van der Waals surface area contributed by atoms with Crippen LogP contribution in [0.1, 0.15) is 18.1 Å². The third-order valence-electron chi connectivity index (χ3n) is 8.36. The number of rotatable bonds is 6. The van der Waals surface area contributed by atoms with Crippen LogP contribution < -0.4 is 16.0 Å². The molecule has 0 unspecified atom stereocenters. The highest BCUT2D eigenvalue weighted by atomic mass is 16.4. The minimum absolute atomic E-state index is 0.410. The molecule has 0 saturated heterocycles. The summed E-state index contributed by atoms with van der Waals surface area (Å²) in [5, 5.41) is 5.40. The van der Waals surface area contributed by atoms with Crippen molar-refractivity contribution in [3.8, 4) is 22.3 Å². The summed E-state index contributed by atoms with van der Waals surface area (Å²) in [5.74, 6) is 1.22. The number of hydrogen-bond donors (Lipinski definition) is 2. The van der Waals surface area contributed by atoms with Crippen molar-refractivity contribution in [2.75, 3.05) is 22.5 Å². The number of allylic oxidation sites excluding steroid dienone is 1. The van der Waals surface area contributed by atoms with Gasteiger partial charge >= 0.3 is 0 Å². The summed E-state index contributed by atoms with van der Waals surface area (Å²) in [5.41, 5.74) is 17.4. The summed E-state index contributed by atoms with van der Waals surface area (Å²) in [7, 11) is 0. The highest BCUT2D eigenvalue weighted by Crippen LogP contribution is 2.44. The minimum atomic E-state index is 0.410. The first kappa shape index (κ1) is 26.7. The molecule has 1 aliphatic rings. The standard InChI is InChI=1S/C40H31N3O2/c1-2-10-34-36-24-30(17-19-37(36)44-39(34)41)43(31-16-18-33-35-15-9-20-42-40(35)45-38(33)25-31)32-22-28(26-11-5-3-6-12-26)21-29(23-32)27-13-7-4-8-14-27/h2-19,21-25,42H,20,41H2,1H3/b10-2-. The average Bonchev–Trinajstić information content (AvgIpc) is 3.62. The second-order valence-corrected chi connectivity index (χ2v) is 11.2. The molecular weight excluding hydrogens is 554 g/mol. The lowest BCUT2D eigenvalue weighted by Gasteiger charge is -2.27. The fourth-order valence-corrected chi connectivity index (χ4v) is 6.25. The molecule has 3 N–H and O–H groups in total. The molecule has 0 aliphatic carbocycles. The minimum Gasteiger partial charge on any atom is -0.440 e. The van der Waals surface area contributed by atoms with Crippen molar-refractivity contribution in [1.82, 2.24) is 0 Å². The fraction of sp³-hybridized carbons (Fsp3) is 0.0500. The molecule has 1 aliphatic heterocycles. The Kier molecular flexibility index (Phi) is 6.50. The van der Waals surface area contributed by atoms with Crippen LogP contribution in [0.15, 0.2) is 136 Å². The second-order valence-electron chi connectivity index (χ2n) is 11.2. The van der Waals surface area contributed by atoms with Gasteiger partial charge in [0.2, 0.25) is 5.88 Å². The van der Waals surface area contributed by atoms with Crippen LogP contribution in [0.4, 0.5) is 28.8 Å². The Balaban J connectivity index is 1.39. The molecule has 218 valence electrons. The van der Waals surface area contributed by atoms with Crippen LogP contribution in [0, 0.1) is 0 Å². The smallest absolute Gasteiger partial charge is 0.201 e. The lowest BCUT2D eigenvalue weighted by atomic mass is 9.97. The molecule has 2 aromatic heterocycles. The molecule has 0 atom stereocenters.